The third kappa shape index (κ3) is 3.11. The van der Waals surface area contributed by atoms with Gasteiger partial charge in [0.2, 0.25) is 0 Å². The predicted molar refractivity (Wildman–Crippen MR) is 91.7 cm³/mol. The van der Waals surface area contributed by atoms with Crippen LogP contribution in [-0.4, -0.2) is 9.91 Å². The Hall–Kier alpha value is -1.95. The van der Waals surface area contributed by atoms with Crippen molar-refractivity contribution >= 4 is 62.6 Å². The minimum atomic E-state index is -0.429. The van der Waals surface area contributed by atoms with Gasteiger partial charge in [-0.05, 0) is 29.8 Å². The molecule has 0 amide bonds. The van der Waals surface area contributed by atoms with Crippen LogP contribution in [0.4, 0.5) is 5.69 Å². The molecule has 0 aliphatic carbocycles. The van der Waals surface area contributed by atoms with Gasteiger partial charge in [-0.2, -0.15) is 0 Å². The fraction of sp³-hybridized carbons (Fsp3) is 0. The van der Waals surface area contributed by atoms with Gasteiger partial charge in [-0.25, -0.2) is 4.98 Å². The van der Waals surface area contributed by atoms with E-state index in [-0.39, 0.29) is 5.69 Å². The summed E-state index contributed by atoms with van der Waals surface area (Å²) in [6.07, 6.45) is 3.66. The molecule has 22 heavy (non-hydrogen) atoms. The number of halogens is 2. The Labute approximate surface area is 139 Å². The fourth-order valence-electron chi connectivity index (χ4n) is 1.92. The zero-order chi connectivity index (χ0) is 15.7. The van der Waals surface area contributed by atoms with Gasteiger partial charge in [0, 0.05) is 22.2 Å². The maximum atomic E-state index is 10.8. The van der Waals surface area contributed by atoms with E-state index in [1.807, 2.05) is 18.2 Å². The number of aromatic nitrogens is 1. The predicted octanol–water partition coefficient (Wildman–Crippen LogP) is 5.68. The molecule has 0 bridgehead atoms. The van der Waals surface area contributed by atoms with E-state index >= 15 is 0 Å². The summed E-state index contributed by atoms with van der Waals surface area (Å²) in [5.74, 6) is 0. The van der Waals surface area contributed by atoms with Crippen LogP contribution >= 0.6 is 34.5 Å². The van der Waals surface area contributed by atoms with Crippen molar-refractivity contribution in [1.82, 2.24) is 4.98 Å². The Bertz CT molecular complexity index is 906. The molecule has 0 N–H and O–H groups in total. The highest BCUT2D eigenvalue weighted by atomic mass is 35.5. The summed E-state index contributed by atoms with van der Waals surface area (Å²) in [5.41, 5.74) is 1.48. The molecule has 7 heteroatoms. The molecule has 3 rings (SSSR count). The van der Waals surface area contributed by atoms with Gasteiger partial charge in [-0.3, -0.25) is 10.1 Å². The van der Waals surface area contributed by atoms with Gasteiger partial charge in [0.15, 0.2) is 0 Å². The number of nitro benzene ring substituents is 1. The van der Waals surface area contributed by atoms with Crippen molar-refractivity contribution in [2.24, 2.45) is 0 Å². The van der Waals surface area contributed by atoms with E-state index in [0.717, 1.165) is 15.3 Å². The molecule has 0 unspecified atom stereocenters. The topological polar surface area (TPSA) is 56.0 Å². The highest BCUT2D eigenvalue weighted by molar-refractivity contribution is 7.19. The van der Waals surface area contributed by atoms with Gasteiger partial charge in [-0.1, -0.05) is 35.3 Å². The van der Waals surface area contributed by atoms with E-state index in [9.17, 15) is 10.1 Å². The first-order valence-corrected chi connectivity index (χ1v) is 7.78. The van der Waals surface area contributed by atoms with Gasteiger partial charge in [0.1, 0.15) is 5.01 Å². The number of nitro groups is 1. The molecule has 0 fully saturated rings. The number of hydrogen-bond donors (Lipinski definition) is 0. The van der Waals surface area contributed by atoms with Crippen molar-refractivity contribution in [2.45, 2.75) is 0 Å². The Morgan fingerprint density at radius 3 is 2.68 bits per heavy atom. The summed E-state index contributed by atoms with van der Waals surface area (Å²) in [7, 11) is 0. The number of hydrogen-bond acceptors (Lipinski definition) is 4. The number of rotatable bonds is 3. The molecule has 2 aromatic carbocycles. The number of non-ortho nitro benzene ring substituents is 1. The summed E-state index contributed by atoms with van der Waals surface area (Å²) in [5, 5.41) is 12.7. The van der Waals surface area contributed by atoms with Gasteiger partial charge < -0.3 is 0 Å². The summed E-state index contributed by atoms with van der Waals surface area (Å²) >= 11 is 13.4. The Morgan fingerprint density at radius 1 is 1.14 bits per heavy atom. The second-order valence-electron chi connectivity index (χ2n) is 4.46. The lowest BCUT2D eigenvalue weighted by Crippen LogP contribution is -1.86. The van der Waals surface area contributed by atoms with Crippen molar-refractivity contribution in [3.8, 4) is 0 Å². The average Bonchev–Trinajstić information content (AvgIpc) is 2.88. The molecule has 1 aromatic heterocycles. The van der Waals surface area contributed by atoms with Gasteiger partial charge in [0.25, 0.3) is 5.69 Å². The third-order valence-electron chi connectivity index (χ3n) is 2.97. The van der Waals surface area contributed by atoms with Crippen LogP contribution in [-0.2, 0) is 0 Å². The second kappa shape index (κ2) is 6.04. The monoisotopic (exact) mass is 350 g/mol. The van der Waals surface area contributed by atoms with Crippen LogP contribution in [0, 0.1) is 10.1 Å². The number of nitrogens with zero attached hydrogens (tertiary/aromatic N) is 2. The molecule has 0 aliphatic rings. The summed E-state index contributed by atoms with van der Waals surface area (Å²) in [4.78, 5) is 14.7. The lowest BCUT2D eigenvalue weighted by Gasteiger charge is -1.97. The highest BCUT2D eigenvalue weighted by Gasteiger charge is 2.09. The largest absolute Gasteiger partial charge is 0.271 e. The minimum absolute atomic E-state index is 0.0362. The molecule has 0 saturated heterocycles. The molecule has 0 saturated carbocycles. The summed E-state index contributed by atoms with van der Waals surface area (Å²) < 4.78 is 0.896. The van der Waals surface area contributed by atoms with Crippen molar-refractivity contribution in [2.75, 3.05) is 0 Å². The van der Waals surface area contributed by atoms with E-state index in [2.05, 4.69) is 4.98 Å². The molecular formula is C15H8Cl2N2O2S. The molecule has 0 atom stereocenters. The molecule has 0 spiro atoms. The van der Waals surface area contributed by atoms with E-state index in [4.69, 9.17) is 23.2 Å². The molecule has 1 heterocycles. The number of thiazole rings is 1. The first kappa shape index (κ1) is 15.0. The van der Waals surface area contributed by atoms with E-state index in [1.54, 1.807) is 18.2 Å². The second-order valence-corrected chi connectivity index (χ2v) is 6.37. The Balaban J connectivity index is 1.93. The first-order valence-electron chi connectivity index (χ1n) is 6.21. The van der Waals surface area contributed by atoms with Crippen LogP contribution in [0.2, 0.25) is 10.0 Å². The number of benzene rings is 2. The van der Waals surface area contributed by atoms with Crippen molar-refractivity contribution in [1.29, 1.82) is 0 Å². The summed E-state index contributed by atoms with van der Waals surface area (Å²) in [6, 6.07) is 9.90. The lowest BCUT2D eigenvalue weighted by atomic mass is 10.2. The molecule has 4 nitrogen and oxygen atoms in total. The average molecular weight is 351 g/mol. The maximum Gasteiger partial charge on any atom is 0.271 e. The maximum absolute atomic E-state index is 10.8. The zero-order valence-electron chi connectivity index (χ0n) is 11.0. The normalized spacial score (nSPS) is 11.4. The zero-order valence-corrected chi connectivity index (χ0v) is 13.3. The van der Waals surface area contributed by atoms with E-state index in [0.29, 0.717) is 15.6 Å². The number of fused-ring (bicyclic) bond motifs is 1. The smallest absolute Gasteiger partial charge is 0.258 e. The lowest BCUT2D eigenvalue weighted by molar-refractivity contribution is -0.384. The highest BCUT2D eigenvalue weighted by Crippen LogP contribution is 2.28. The van der Waals surface area contributed by atoms with E-state index in [1.165, 1.54) is 23.5 Å². The van der Waals surface area contributed by atoms with Crippen LogP contribution in [0.15, 0.2) is 36.4 Å². The van der Waals surface area contributed by atoms with Gasteiger partial charge in [-0.15, -0.1) is 11.3 Å². The van der Waals surface area contributed by atoms with E-state index < -0.39 is 4.92 Å². The van der Waals surface area contributed by atoms with Crippen molar-refractivity contribution in [3.63, 3.8) is 0 Å². The standard InChI is InChI=1S/C15H8Cl2N2O2S/c16-10-3-1-9(12(17)7-10)2-6-15-18-13-8-11(19(20)21)4-5-14(13)22-15/h1-8H. The molecule has 0 aliphatic heterocycles. The quantitative estimate of drug-likeness (QED) is 0.450. The minimum Gasteiger partial charge on any atom is -0.258 e. The molecule has 0 radical (unpaired) electrons. The van der Waals surface area contributed by atoms with Crippen molar-refractivity contribution in [3.05, 3.63) is 67.1 Å². The fourth-order valence-corrected chi connectivity index (χ4v) is 3.24. The molecule has 3 aromatic rings. The van der Waals surface area contributed by atoms with Crippen molar-refractivity contribution < 1.29 is 4.92 Å². The van der Waals surface area contributed by atoms with Gasteiger partial charge in [0.05, 0.1) is 15.1 Å². The SMILES string of the molecule is O=[N+]([O-])c1ccc2sc(C=Cc3ccc(Cl)cc3Cl)nc2c1. The van der Waals surface area contributed by atoms with Crippen LogP contribution < -0.4 is 0 Å². The molecule has 110 valence electrons. The van der Waals surface area contributed by atoms with Crippen LogP contribution in [0.25, 0.3) is 22.4 Å². The summed E-state index contributed by atoms with van der Waals surface area (Å²) in [6.45, 7) is 0. The van der Waals surface area contributed by atoms with Crippen LogP contribution in [0.1, 0.15) is 10.6 Å². The van der Waals surface area contributed by atoms with Crippen LogP contribution in [0.3, 0.4) is 0 Å². The Kier molecular flexibility index (Phi) is 4.11. The third-order valence-corrected chi connectivity index (χ3v) is 4.53. The first-order chi connectivity index (χ1) is 10.5. The van der Waals surface area contributed by atoms with Crippen LogP contribution in [0.5, 0.6) is 0 Å². The Morgan fingerprint density at radius 2 is 1.95 bits per heavy atom. The van der Waals surface area contributed by atoms with Gasteiger partial charge >= 0.3 is 0 Å². The molecular weight excluding hydrogens is 343 g/mol.